The number of carbonyl (C=O) groups is 3. The number of piperidine rings is 1. The van der Waals surface area contributed by atoms with E-state index in [-0.39, 0.29) is 24.4 Å². The molecular weight excluding hydrogens is 480 g/mol. The number of nitrogens with one attached hydrogen (secondary N) is 2. The van der Waals surface area contributed by atoms with E-state index in [0.29, 0.717) is 24.3 Å². The van der Waals surface area contributed by atoms with Crippen molar-refractivity contribution in [3.05, 3.63) is 11.1 Å². The third-order valence-corrected chi connectivity index (χ3v) is 8.61. The molecule has 200 valence electrons. The van der Waals surface area contributed by atoms with Crippen LogP contribution in [0.25, 0.3) is 0 Å². The molecule has 11 heteroatoms. The van der Waals surface area contributed by atoms with Crippen molar-refractivity contribution in [1.82, 2.24) is 25.0 Å². The first-order valence-corrected chi connectivity index (χ1v) is 14.1. The van der Waals surface area contributed by atoms with Gasteiger partial charge in [-0.25, -0.2) is 9.78 Å². The predicted molar refractivity (Wildman–Crippen MR) is 139 cm³/mol. The Morgan fingerprint density at radius 2 is 1.75 bits per heavy atom. The van der Waals surface area contributed by atoms with Crippen LogP contribution >= 0.6 is 11.3 Å². The maximum absolute atomic E-state index is 13.5. The maximum atomic E-state index is 13.5. The maximum Gasteiger partial charge on any atom is 0.324 e. The number of anilines is 1. The predicted octanol–water partition coefficient (Wildman–Crippen LogP) is 2.52. The summed E-state index contributed by atoms with van der Waals surface area (Å²) in [7, 11) is 1.29. The van der Waals surface area contributed by atoms with Gasteiger partial charge in [-0.15, -0.1) is 11.3 Å². The highest BCUT2D eigenvalue weighted by Crippen LogP contribution is 2.31. The number of amides is 3. The van der Waals surface area contributed by atoms with E-state index in [0.717, 1.165) is 69.2 Å². The van der Waals surface area contributed by atoms with Crippen LogP contribution in [0.15, 0.2) is 6.20 Å². The van der Waals surface area contributed by atoms with Crippen molar-refractivity contribution in [3.8, 4) is 0 Å². The zero-order chi connectivity index (χ0) is 25.5. The first-order valence-electron chi connectivity index (χ1n) is 13.2. The van der Waals surface area contributed by atoms with Crippen molar-refractivity contribution < 1.29 is 19.1 Å². The number of thiazole rings is 1. The summed E-state index contributed by atoms with van der Waals surface area (Å²) in [4.78, 5) is 48.7. The van der Waals surface area contributed by atoms with Gasteiger partial charge in [-0.1, -0.05) is 6.92 Å². The van der Waals surface area contributed by atoms with E-state index in [1.165, 1.54) is 31.3 Å². The first kappa shape index (κ1) is 26.8. The van der Waals surface area contributed by atoms with Crippen LogP contribution in [-0.2, 0) is 20.9 Å². The highest BCUT2D eigenvalue weighted by atomic mass is 32.1. The van der Waals surface area contributed by atoms with Crippen molar-refractivity contribution in [2.24, 2.45) is 5.92 Å². The highest BCUT2D eigenvalue weighted by molar-refractivity contribution is 7.15. The number of urea groups is 1. The second-order valence-corrected chi connectivity index (χ2v) is 11.4. The van der Waals surface area contributed by atoms with Gasteiger partial charge in [0.1, 0.15) is 6.42 Å². The molecule has 10 nitrogen and oxygen atoms in total. The molecular formula is C25H40N6O4S. The number of carbonyl (C=O) groups excluding carboxylic acids is 3. The van der Waals surface area contributed by atoms with Gasteiger partial charge >= 0.3 is 12.0 Å². The number of ether oxygens (including phenoxy) is 1. The summed E-state index contributed by atoms with van der Waals surface area (Å²) in [6, 6.07) is 0.573. The summed E-state index contributed by atoms with van der Waals surface area (Å²) in [6.45, 7) is 7.59. The van der Waals surface area contributed by atoms with Crippen molar-refractivity contribution in [3.63, 3.8) is 0 Å². The van der Waals surface area contributed by atoms with Crippen LogP contribution in [0.4, 0.5) is 9.93 Å². The van der Waals surface area contributed by atoms with Crippen LogP contribution in [0.3, 0.4) is 0 Å². The molecule has 2 N–H and O–H groups in total. The fourth-order valence-electron chi connectivity index (χ4n) is 5.51. The second kappa shape index (κ2) is 12.8. The zero-order valence-electron chi connectivity index (χ0n) is 21.5. The molecule has 0 radical (unpaired) electrons. The zero-order valence-corrected chi connectivity index (χ0v) is 22.4. The van der Waals surface area contributed by atoms with Crippen LogP contribution in [0.5, 0.6) is 0 Å². The van der Waals surface area contributed by atoms with Crippen LogP contribution in [-0.4, -0.2) is 96.1 Å². The molecule has 0 unspecified atom stereocenters. The third-order valence-electron chi connectivity index (χ3n) is 7.71. The molecule has 3 aliphatic rings. The van der Waals surface area contributed by atoms with Gasteiger partial charge in [-0.05, 0) is 57.5 Å². The molecule has 2 aliphatic heterocycles. The molecule has 0 bridgehead atoms. The Bertz CT molecular complexity index is 889. The Balaban J connectivity index is 1.29. The average Bonchev–Trinajstić information content (AvgIpc) is 3.32. The molecule has 3 amide bonds. The molecule has 3 fully saturated rings. The van der Waals surface area contributed by atoms with Gasteiger partial charge in [0.15, 0.2) is 5.13 Å². The van der Waals surface area contributed by atoms with Gasteiger partial charge in [-0.3, -0.25) is 19.8 Å². The largest absolute Gasteiger partial charge is 0.469 e. The fourth-order valence-corrected chi connectivity index (χ4v) is 6.36. The lowest BCUT2D eigenvalue weighted by Gasteiger charge is -2.42. The molecule has 1 aromatic rings. The normalized spacial score (nSPS) is 23.8. The smallest absolute Gasteiger partial charge is 0.324 e. The van der Waals surface area contributed by atoms with Gasteiger partial charge in [-0.2, -0.15) is 0 Å². The van der Waals surface area contributed by atoms with Crippen molar-refractivity contribution in [2.75, 3.05) is 51.7 Å². The molecule has 2 saturated heterocycles. The Hall–Kier alpha value is -2.24. The van der Waals surface area contributed by atoms with Crippen LogP contribution in [0.1, 0.15) is 56.7 Å². The summed E-state index contributed by atoms with van der Waals surface area (Å²) >= 11 is 1.52. The lowest BCUT2D eigenvalue weighted by atomic mass is 9.85. The molecule has 3 heterocycles. The Kier molecular flexibility index (Phi) is 9.55. The van der Waals surface area contributed by atoms with Crippen molar-refractivity contribution >= 4 is 34.4 Å². The minimum atomic E-state index is -0.501. The van der Waals surface area contributed by atoms with Gasteiger partial charge in [0, 0.05) is 55.9 Å². The van der Waals surface area contributed by atoms with E-state index in [4.69, 9.17) is 0 Å². The Morgan fingerprint density at radius 3 is 2.42 bits per heavy atom. The van der Waals surface area contributed by atoms with E-state index in [2.05, 4.69) is 37.1 Å². The van der Waals surface area contributed by atoms with Crippen LogP contribution in [0.2, 0.25) is 0 Å². The molecule has 0 spiro atoms. The fraction of sp³-hybridized carbons (Fsp3) is 0.760. The van der Waals surface area contributed by atoms with E-state index < -0.39 is 5.97 Å². The highest BCUT2D eigenvalue weighted by Gasteiger charge is 2.34. The number of methoxy groups -OCH3 is 1. The van der Waals surface area contributed by atoms with Gasteiger partial charge in [0.05, 0.1) is 7.11 Å². The summed E-state index contributed by atoms with van der Waals surface area (Å²) in [5.41, 5.74) is 0. The minimum Gasteiger partial charge on any atom is -0.469 e. The number of rotatable bonds is 7. The molecule has 1 aromatic heterocycles. The standard InChI is InChI=1S/C25H40N6O4S/c1-18-3-5-19(6-4-18)31(20-7-9-26-10-8-20)25(34)28-24-27-16-21(36-24)17-29-11-13-30(14-12-29)22(32)15-23(33)35-2/h16,18-20,26H,3-15,17H2,1-2H3,(H,27,28,34). The molecule has 0 aromatic carbocycles. The molecule has 36 heavy (non-hydrogen) atoms. The topological polar surface area (TPSA) is 107 Å². The summed E-state index contributed by atoms with van der Waals surface area (Å²) in [5, 5.41) is 7.17. The number of hydrogen-bond donors (Lipinski definition) is 2. The lowest BCUT2D eigenvalue weighted by Crippen LogP contribution is -2.53. The summed E-state index contributed by atoms with van der Waals surface area (Å²) in [5.74, 6) is 0.0574. The Labute approximate surface area is 217 Å². The van der Waals surface area contributed by atoms with Gasteiger partial charge in [0.25, 0.3) is 0 Å². The third kappa shape index (κ3) is 7.17. The summed E-state index contributed by atoms with van der Waals surface area (Å²) < 4.78 is 4.59. The number of hydrogen-bond acceptors (Lipinski definition) is 8. The Morgan fingerprint density at radius 1 is 1.08 bits per heavy atom. The average molecular weight is 521 g/mol. The molecule has 0 atom stereocenters. The van der Waals surface area contributed by atoms with Gasteiger partial charge in [0.2, 0.25) is 5.91 Å². The van der Waals surface area contributed by atoms with Gasteiger partial charge < -0.3 is 19.9 Å². The minimum absolute atomic E-state index is 0.0138. The quantitative estimate of drug-likeness (QED) is 0.420. The van der Waals surface area contributed by atoms with E-state index in [1.54, 1.807) is 4.90 Å². The second-order valence-electron chi connectivity index (χ2n) is 10.3. The molecule has 1 aliphatic carbocycles. The van der Waals surface area contributed by atoms with Crippen LogP contribution in [0, 0.1) is 5.92 Å². The van der Waals surface area contributed by atoms with Crippen molar-refractivity contribution in [2.45, 2.75) is 70.5 Å². The number of nitrogens with zero attached hydrogens (tertiary/aromatic N) is 4. The van der Waals surface area contributed by atoms with E-state index in [9.17, 15) is 14.4 Å². The van der Waals surface area contributed by atoms with Crippen LogP contribution < -0.4 is 10.6 Å². The van der Waals surface area contributed by atoms with Crippen molar-refractivity contribution in [1.29, 1.82) is 0 Å². The lowest BCUT2D eigenvalue weighted by molar-refractivity contribution is -0.147. The number of aromatic nitrogens is 1. The number of piperazine rings is 1. The molecule has 1 saturated carbocycles. The number of esters is 1. The van der Waals surface area contributed by atoms with E-state index >= 15 is 0 Å². The summed E-state index contributed by atoms with van der Waals surface area (Å²) in [6.07, 6.45) is 8.15. The first-order chi connectivity index (χ1) is 17.4. The monoisotopic (exact) mass is 520 g/mol. The molecule has 4 rings (SSSR count). The SMILES string of the molecule is COC(=O)CC(=O)N1CCN(Cc2cnc(NC(=O)N(C3CCNCC3)C3CCC(C)CC3)s2)CC1. The van der Waals surface area contributed by atoms with E-state index in [1.807, 2.05) is 6.20 Å².